The molecule has 6 nitrogen and oxygen atoms in total. The number of hydrogen-bond donors (Lipinski definition) is 3. The van der Waals surface area contributed by atoms with Gasteiger partial charge < -0.3 is 20.3 Å². The molecule has 1 heterocycles. The first-order chi connectivity index (χ1) is 16.9. The highest BCUT2D eigenvalue weighted by atomic mass is 19.1. The zero-order chi connectivity index (χ0) is 26.3. The molecule has 0 fully saturated rings. The topological polar surface area (TPSA) is 95.9 Å². The number of hydrogen-bond acceptors (Lipinski definition) is 5. The Hall–Kier alpha value is -3.85. The minimum absolute atomic E-state index is 0.0253. The van der Waals surface area contributed by atoms with Crippen molar-refractivity contribution < 1.29 is 37.7 Å². The van der Waals surface area contributed by atoms with Crippen LogP contribution in [0.1, 0.15) is 47.3 Å². The molecule has 0 spiro atoms. The number of halogens is 3. The Kier molecular flexibility index (Phi) is 6.53. The van der Waals surface area contributed by atoms with Crippen LogP contribution in [-0.2, 0) is 28.0 Å². The number of rotatable bonds is 7. The Bertz CT molecular complexity index is 1340. The Morgan fingerprint density at radius 3 is 2.39 bits per heavy atom. The standard InChI is InChI=1S/C27H24F3NO5/c1-26(2,22-11-17(28)3-6-23(22)32)14-27(35,12-15-7-18(29)10-19(30)8-15)25(34)31-20-4-5-21-16(9-20)13-36-24(21)33/h3-11,32,35H,12-14H2,1-2H3,(H,31,34). The quantitative estimate of drug-likeness (QED) is 0.408. The first kappa shape index (κ1) is 25.2. The third kappa shape index (κ3) is 5.21. The molecule has 0 saturated heterocycles. The van der Waals surface area contributed by atoms with Gasteiger partial charge in [0.1, 0.15) is 35.4 Å². The number of cyclic esters (lactones) is 1. The van der Waals surface area contributed by atoms with E-state index in [9.17, 15) is 33.0 Å². The van der Waals surface area contributed by atoms with Crippen LogP contribution in [-0.4, -0.2) is 27.7 Å². The minimum Gasteiger partial charge on any atom is -0.508 e. The fraction of sp³-hybridized carbons (Fsp3) is 0.259. The molecule has 0 radical (unpaired) electrons. The van der Waals surface area contributed by atoms with Crippen LogP contribution in [0, 0.1) is 17.5 Å². The smallest absolute Gasteiger partial charge is 0.338 e. The van der Waals surface area contributed by atoms with Gasteiger partial charge in [-0.2, -0.15) is 0 Å². The predicted octanol–water partition coefficient (Wildman–Crippen LogP) is 4.76. The first-order valence-corrected chi connectivity index (χ1v) is 11.1. The van der Waals surface area contributed by atoms with Gasteiger partial charge in [-0.1, -0.05) is 13.8 Å². The molecule has 188 valence electrons. The van der Waals surface area contributed by atoms with E-state index in [1.807, 2.05) is 0 Å². The van der Waals surface area contributed by atoms with E-state index in [1.165, 1.54) is 24.3 Å². The van der Waals surface area contributed by atoms with Crippen LogP contribution in [0.15, 0.2) is 54.6 Å². The number of aliphatic hydroxyl groups is 1. The van der Waals surface area contributed by atoms with E-state index in [1.54, 1.807) is 13.8 Å². The molecule has 3 N–H and O–H groups in total. The van der Waals surface area contributed by atoms with Crippen LogP contribution in [0.25, 0.3) is 0 Å². The molecule has 36 heavy (non-hydrogen) atoms. The van der Waals surface area contributed by atoms with Crippen LogP contribution in [0.5, 0.6) is 5.75 Å². The molecule has 3 aromatic carbocycles. The van der Waals surface area contributed by atoms with E-state index < -0.39 is 46.8 Å². The van der Waals surface area contributed by atoms with E-state index in [4.69, 9.17) is 4.74 Å². The summed E-state index contributed by atoms with van der Waals surface area (Å²) < 4.78 is 46.7. The van der Waals surface area contributed by atoms with Crippen molar-refractivity contribution in [2.45, 2.75) is 44.3 Å². The molecular weight excluding hydrogens is 475 g/mol. The summed E-state index contributed by atoms with van der Waals surface area (Å²) in [6, 6.07) is 10.5. The molecule has 3 aromatic rings. The summed E-state index contributed by atoms with van der Waals surface area (Å²) in [5, 5.41) is 24.6. The van der Waals surface area contributed by atoms with Crippen molar-refractivity contribution in [1.29, 1.82) is 0 Å². The van der Waals surface area contributed by atoms with Crippen LogP contribution < -0.4 is 5.32 Å². The molecule has 0 aliphatic carbocycles. The molecule has 0 saturated carbocycles. The van der Waals surface area contributed by atoms with Gasteiger partial charge in [0, 0.05) is 29.3 Å². The van der Waals surface area contributed by atoms with E-state index in [-0.39, 0.29) is 35.6 Å². The van der Waals surface area contributed by atoms with Crippen LogP contribution in [0.3, 0.4) is 0 Å². The van der Waals surface area contributed by atoms with Crippen LogP contribution in [0.2, 0.25) is 0 Å². The summed E-state index contributed by atoms with van der Waals surface area (Å²) in [5.41, 5.74) is -2.03. The first-order valence-electron chi connectivity index (χ1n) is 11.1. The van der Waals surface area contributed by atoms with Gasteiger partial charge >= 0.3 is 5.97 Å². The summed E-state index contributed by atoms with van der Waals surface area (Å²) in [5.74, 6) is -3.98. The highest BCUT2D eigenvalue weighted by Crippen LogP contribution is 2.39. The second-order valence-corrected chi connectivity index (χ2v) is 9.61. The van der Waals surface area contributed by atoms with Gasteiger partial charge in [-0.15, -0.1) is 0 Å². The third-order valence-electron chi connectivity index (χ3n) is 6.21. The van der Waals surface area contributed by atoms with Crippen LogP contribution in [0.4, 0.5) is 18.9 Å². The van der Waals surface area contributed by atoms with Crippen molar-refractivity contribution in [3.63, 3.8) is 0 Å². The molecular formula is C27H24F3NO5. The van der Waals surface area contributed by atoms with Crippen molar-refractivity contribution in [3.05, 3.63) is 94.3 Å². The Morgan fingerprint density at radius 2 is 1.69 bits per heavy atom. The van der Waals surface area contributed by atoms with Gasteiger partial charge in [0.05, 0.1) is 5.56 Å². The number of nitrogens with one attached hydrogen (secondary N) is 1. The van der Waals surface area contributed by atoms with Gasteiger partial charge in [0.25, 0.3) is 5.91 Å². The number of benzene rings is 3. The highest BCUT2D eigenvalue weighted by molar-refractivity contribution is 5.99. The molecule has 1 aliphatic heterocycles. The Balaban J connectivity index is 1.69. The maximum absolute atomic E-state index is 14.0. The van der Waals surface area contributed by atoms with Gasteiger partial charge in [-0.05, 0) is 65.9 Å². The average Bonchev–Trinajstić information content (AvgIpc) is 3.14. The van der Waals surface area contributed by atoms with E-state index in [0.29, 0.717) is 17.2 Å². The zero-order valence-electron chi connectivity index (χ0n) is 19.6. The van der Waals surface area contributed by atoms with E-state index >= 15 is 0 Å². The van der Waals surface area contributed by atoms with Crippen molar-refractivity contribution >= 4 is 17.6 Å². The molecule has 9 heteroatoms. The van der Waals surface area contributed by atoms with Crippen molar-refractivity contribution in [2.24, 2.45) is 0 Å². The second kappa shape index (κ2) is 9.31. The molecule has 1 unspecified atom stereocenters. The summed E-state index contributed by atoms with van der Waals surface area (Å²) >= 11 is 0. The fourth-order valence-corrected chi connectivity index (χ4v) is 4.61. The number of fused-ring (bicyclic) bond motifs is 1. The Labute approximate surface area is 205 Å². The lowest BCUT2D eigenvalue weighted by Crippen LogP contribution is -2.49. The third-order valence-corrected chi connectivity index (χ3v) is 6.21. The monoisotopic (exact) mass is 499 g/mol. The number of esters is 1. The fourth-order valence-electron chi connectivity index (χ4n) is 4.61. The molecule has 1 amide bonds. The second-order valence-electron chi connectivity index (χ2n) is 9.61. The lowest BCUT2D eigenvalue weighted by atomic mass is 9.72. The van der Waals surface area contributed by atoms with Gasteiger partial charge in [-0.3, -0.25) is 4.79 Å². The van der Waals surface area contributed by atoms with E-state index in [2.05, 4.69) is 5.32 Å². The van der Waals surface area contributed by atoms with Gasteiger partial charge in [0.15, 0.2) is 0 Å². The number of ether oxygens (including phenoxy) is 1. The average molecular weight is 499 g/mol. The van der Waals surface area contributed by atoms with Gasteiger partial charge in [-0.25, -0.2) is 18.0 Å². The van der Waals surface area contributed by atoms with Gasteiger partial charge in [0.2, 0.25) is 0 Å². The lowest BCUT2D eigenvalue weighted by Gasteiger charge is -2.36. The molecule has 1 aliphatic rings. The number of phenolic OH excluding ortho intramolecular Hbond substituents is 1. The van der Waals surface area contributed by atoms with Crippen LogP contribution >= 0.6 is 0 Å². The normalized spacial score (nSPS) is 14.7. The summed E-state index contributed by atoms with van der Waals surface area (Å²) in [7, 11) is 0. The largest absolute Gasteiger partial charge is 0.508 e. The summed E-state index contributed by atoms with van der Waals surface area (Å²) in [4.78, 5) is 25.2. The number of carbonyl (C=O) groups excluding carboxylic acids is 2. The minimum atomic E-state index is -2.24. The number of carbonyl (C=O) groups is 2. The number of anilines is 1. The summed E-state index contributed by atoms with van der Waals surface area (Å²) in [6.45, 7) is 3.24. The lowest BCUT2D eigenvalue weighted by molar-refractivity contribution is -0.136. The molecule has 1 atom stereocenters. The number of amides is 1. The molecule has 4 rings (SSSR count). The van der Waals surface area contributed by atoms with Crippen molar-refractivity contribution in [1.82, 2.24) is 0 Å². The number of phenols is 1. The van der Waals surface area contributed by atoms with Crippen molar-refractivity contribution in [2.75, 3.05) is 5.32 Å². The molecule has 0 aromatic heterocycles. The van der Waals surface area contributed by atoms with E-state index in [0.717, 1.165) is 24.3 Å². The zero-order valence-corrected chi connectivity index (χ0v) is 19.6. The maximum Gasteiger partial charge on any atom is 0.338 e. The summed E-state index contributed by atoms with van der Waals surface area (Å²) in [6.07, 6.45) is -0.812. The SMILES string of the molecule is CC(C)(CC(O)(Cc1cc(F)cc(F)c1)C(=O)Nc1ccc2c(c1)COC2=O)c1cc(F)ccc1O. The Morgan fingerprint density at radius 1 is 1.00 bits per heavy atom. The molecule has 0 bridgehead atoms. The number of aromatic hydroxyl groups is 1. The predicted molar refractivity (Wildman–Crippen MR) is 125 cm³/mol. The maximum atomic E-state index is 14.0. The van der Waals surface area contributed by atoms with Crippen molar-refractivity contribution in [3.8, 4) is 5.75 Å². The highest BCUT2D eigenvalue weighted by Gasteiger charge is 2.43.